The molecule has 1 amide bonds. The molecule has 0 aliphatic carbocycles. The molecule has 214 valence electrons. The number of fused-ring (bicyclic) bond motifs is 2. The molecule has 0 bridgehead atoms. The fourth-order valence-electron chi connectivity index (χ4n) is 5.44. The molecule has 5 rings (SSSR count). The molecule has 0 spiro atoms. The SMILES string of the molecule is Cc1cc(C(=O)N2Cc3cnn(C)c3Nc3ccccc32)ccc1OCCCN1CCN(CCC(C)(C)C)CC1. The van der Waals surface area contributed by atoms with Gasteiger partial charge in [0, 0.05) is 50.9 Å². The summed E-state index contributed by atoms with van der Waals surface area (Å²) in [5, 5.41) is 7.84. The van der Waals surface area contributed by atoms with E-state index in [1.54, 1.807) is 0 Å². The number of para-hydroxylation sites is 2. The van der Waals surface area contributed by atoms with Gasteiger partial charge in [-0.05, 0) is 67.6 Å². The lowest BCUT2D eigenvalue weighted by molar-refractivity contribution is 0.0985. The van der Waals surface area contributed by atoms with Crippen molar-refractivity contribution in [3.8, 4) is 5.75 Å². The highest BCUT2D eigenvalue weighted by atomic mass is 16.5. The Labute approximate surface area is 238 Å². The van der Waals surface area contributed by atoms with E-state index in [0.717, 1.165) is 73.2 Å². The Kier molecular flexibility index (Phi) is 8.47. The first-order chi connectivity index (χ1) is 19.2. The van der Waals surface area contributed by atoms with Crippen LogP contribution < -0.4 is 15.0 Å². The largest absolute Gasteiger partial charge is 0.493 e. The minimum Gasteiger partial charge on any atom is -0.493 e. The summed E-state index contributed by atoms with van der Waals surface area (Å²) in [6.07, 6.45) is 4.06. The number of rotatable bonds is 8. The van der Waals surface area contributed by atoms with Crippen LogP contribution in [0.1, 0.15) is 55.1 Å². The second-order valence-corrected chi connectivity index (χ2v) is 12.4. The average Bonchev–Trinajstić information content (AvgIpc) is 3.18. The predicted octanol–water partition coefficient (Wildman–Crippen LogP) is 5.46. The van der Waals surface area contributed by atoms with Crippen molar-refractivity contribution in [1.82, 2.24) is 19.6 Å². The molecule has 2 aliphatic heterocycles. The number of carbonyl (C=O) groups excluding carboxylic acids is 1. The third-order valence-corrected chi connectivity index (χ3v) is 7.98. The molecule has 0 atom stereocenters. The standard InChI is InChI=1S/C32H44N6O2/c1-24-21-25(31(39)38-23-26-22-33-35(5)30(26)34-27-9-6-7-10-28(27)38)11-12-29(24)40-20-8-14-36-16-18-37(19-17-36)15-13-32(2,3)4/h6-7,9-12,21-22,34H,8,13-20,23H2,1-5H3. The van der Waals surface area contributed by atoms with E-state index in [1.165, 1.54) is 13.0 Å². The van der Waals surface area contributed by atoms with Crippen molar-refractivity contribution in [3.05, 3.63) is 65.4 Å². The smallest absolute Gasteiger partial charge is 0.258 e. The van der Waals surface area contributed by atoms with Crippen LogP contribution in [0.15, 0.2) is 48.7 Å². The van der Waals surface area contributed by atoms with Crippen LogP contribution >= 0.6 is 0 Å². The van der Waals surface area contributed by atoms with Gasteiger partial charge in [0.2, 0.25) is 0 Å². The van der Waals surface area contributed by atoms with Gasteiger partial charge >= 0.3 is 0 Å². The third-order valence-electron chi connectivity index (χ3n) is 7.98. The van der Waals surface area contributed by atoms with Crippen molar-refractivity contribution in [2.24, 2.45) is 12.5 Å². The Bertz CT molecular complexity index is 1320. The topological polar surface area (TPSA) is 65.9 Å². The highest BCUT2D eigenvalue weighted by molar-refractivity contribution is 6.08. The molecule has 2 aliphatic rings. The zero-order valence-corrected chi connectivity index (χ0v) is 24.7. The number of piperazine rings is 1. The molecule has 1 saturated heterocycles. The van der Waals surface area contributed by atoms with Gasteiger partial charge in [-0.2, -0.15) is 5.10 Å². The molecule has 2 aromatic carbocycles. The minimum atomic E-state index is -0.0396. The van der Waals surface area contributed by atoms with Gasteiger partial charge in [-0.15, -0.1) is 0 Å². The molecule has 0 radical (unpaired) electrons. The quantitative estimate of drug-likeness (QED) is 0.380. The summed E-state index contributed by atoms with van der Waals surface area (Å²) in [6.45, 7) is 16.9. The molecule has 0 saturated carbocycles. The summed E-state index contributed by atoms with van der Waals surface area (Å²) < 4.78 is 7.96. The van der Waals surface area contributed by atoms with Gasteiger partial charge in [-0.3, -0.25) is 9.48 Å². The molecule has 1 aromatic heterocycles. The van der Waals surface area contributed by atoms with E-state index < -0.39 is 0 Å². The molecule has 3 aromatic rings. The molecule has 1 N–H and O–H groups in total. The predicted molar refractivity (Wildman–Crippen MR) is 162 cm³/mol. The van der Waals surface area contributed by atoms with E-state index in [-0.39, 0.29) is 5.91 Å². The molecular formula is C32H44N6O2. The maximum atomic E-state index is 13.8. The van der Waals surface area contributed by atoms with Gasteiger partial charge in [0.15, 0.2) is 0 Å². The molecular weight excluding hydrogens is 500 g/mol. The minimum absolute atomic E-state index is 0.0396. The number of benzene rings is 2. The second kappa shape index (κ2) is 12.0. The molecule has 8 nitrogen and oxygen atoms in total. The van der Waals surface area contributed by atoms with Gasteiger partial charge in [-0.1, -0.05) is 32.9 Å². The highest BCUT2D eigenvalue weighted by Crippen LogP contribution is 2.36. The summed E-state index contributed by atoms with van der Waals surface area (Å²) in [6, 6.07) is 13.7. The Balaban J connectivity index is 1.14. The number of amides is 1. The van der Waals surface area contributed by atoms with E-state index in [0.29, 0.717) is 24.1 Å². The van der Waals surface area contributed by atoms with Crippen molar-refractivity contribution in [1.29, 1.82) is 0 Å². The van der Waals surface area contributed by atoms with Crippen LogP contribution in [0.25, 0.3) is 0 Å². The zero-order valence-electron chi connectivity index (χ0n) is 24.7. The van der Waals surface area contributed by atoms with Crippen LogP contribution in [0.5, 0.6) is 5.75 Å². The van der Waals surface area contributed by atoms with Crippen LogP contribution in [-0.2, 0) is 13.6 Å². The number of hydrogen-bond acceptors (Lipinski definition) is 6. The molecule has 40 heavy (non-hydrogen) atoms. The summed E-state index contributed by atoms with van der Waals surface area (Å²) in [7, 11) is 1.91. The van der Waals surface area contributed by atoms with Crippen molar-refractivity contribution >= 4 is 23.1 Å². The number of aromatic nitrogens is 2. The van der Waals surface area contributed by atoms with E-state index >= 15 is 0 Å². The molecule has 0 unspecified atom stereocenters. The lowest BCUT2D eigenvalue weighted by atomic mass is 9.92. The number of nitrogens with zero attached hydrogens (tertiary/aromatic N) is 5. The fraction of sp³-hybridized carbons (Fsp3) is 0.500. The van der Waals surface area contributed by atoms with E-state index in [2.05, 4.69) is 41.0 Å². The first-order valence-corrected chi connectivity index (χ1v) is 14.5. The number of hydrogen-bond donors (Lipinski definition) is 1. The number of nitrogens with one attached hydrogen (secondary N) is 1. The highest BCUT2D eigenvalue weighted by Gasteiger charge is 2.27. The number of ether oxygens (including phenoxy) is 1. The Morgan fingerprint density at radius 3 is 2.48 bits per heavy atom. The Morgan fingerprint density at radius 1 is 1.02 bits per heavy atom. The van der Waals surface area contributed by atoms with E-state index in [9.17, 15) is 4.79 Å². The summed E-state index contributed by atoms with van der Waals surface area (Å²) in [5.41, 5.74) is 4.75. The monoisotopic (exact) mass is 544 g/mol. The lowest BCUT2D eigenvalue weighted by Gasteiger charge is -2.36. The van der Waals surface area contributed by atoms with Crippen LogP contribution in [-0.4, -0.2) is 71.4 Å². The molecule has 3 heterocycles. The summed E-state index contributed by atoms with van der Waals surface area (Å²) in [4.78, 5) is 20.7. The number of anilines is 3. The van der Waals surface area contributed by atoms with Crippen molar-refractivity contribution in [2.45, 2.75) is 47.1 Å². The van der Waals surface area contributed by atoms with Gasteiger partial charge in [0.25, 0.3) is 5.91 Å². The van der Waals surface area contributed by atoms with Crippen LogP contribution in [0.2, 0.25) is 0 Å². The molecule has 8 heteroatoms. The van der Waals surface area contributed by atoms with Gasteiger partial charge < -0.3 is 24.8 Å². The van der Waals surface area contributed by atoms with Crippen molar-refractivity contribution in [2.75, 3.05) is 56.1 Å². The van der Waals surface area contributed by atoms with E-state index in [1.807, 2.05) is 72.2 Å². The van der Waals surface area contributed by atoms with Crippen LogP contribution in [0.3, 0.4) is 0 Å². The first-order valence-electron chi connectivity index (χ1n) is 14.5. The maximum Gasteiger partial charge on any atom is 0.258 e. The van der Waals surface area contributed by atoms with Gasteiger partial charge in [0.1, 0.15) is 11.6 Å². The normalized spacial score (nSPS) is 16.2. The Morgan fingerprint density at radius 2 is 1.75 bits per heavy atom. The lowest BCUT2D eigenvalue weighted by Crippen LogP contribution is -2.47. The fourth-order valence-corrected chi connectivity index (χ4v) is 5.44. The first kappa shape index (κ1) is 28.2. The average molecular weight is 545 g/mol. The van der Waals surface area contributed by atoms with Gasteiger partial charge in [0.05, 0.1) is 30.7 Å². The maximum absolute atomic E-state index is 13.8. The van der Waals surface area contributed by atoms with Gasteiger partial charge in [-0.25, -0.2) is 0 Å². The summed E-state index contributed by atoms with van der Waals surface area (Å²) in [5.74, 6) is 1.71. The Hall–Kier alpha value is -3.36. The number of aryl methyl sites for hydroxylation is 2. The van der Waals surface area contributed by atoms with Crippen LogP contribution in [0.4, 0.5) is 17.2 Å². The van der Waals surface area contributed by atoms with Crippen LogP contribution in [0, 0.1) is 12.3 Å². The number of carbonyl (C=O) groups is 1. The zero-order chi connectivity index (χ0) is 28.3. The van der Waals surface area contributed by atoms with Crippen molar-refractivity contribution in [3.63, 3.8) is 0 Å². The second-order valence-electron chi connectivity index (χ2n) is 12.4. The third kappa shape index (κ3) is 6.67. The van der Waals surface area contributed by atoms with E-state index in [4.69, 9.17) is 4.74 Å². The summed E-state index contributed by atoms with van der Waals surface area (Å²) >= 11 is 0. The van der Waals surface area contributed by atoms with Crippen molar-refractivity contribution < 1.29 is 9.53 Å². The molecule has 1 fully saturated rings.